The van der Waals surface area contributed by atoms with Gasteiger partial charge in [-0.2, -0.15) is 0 Å². The van der Waals surface area contributed by atoms with Gasteiger partial charge in [0.25, 0.3) is 0 Å². The van der Waals surface area contributed by atoms with Gasteiger partial charge in [0.15, 0.2) is 0 Å². The third-order valence-electron chi connectivity index (χ3n) is 2.11. The van der Waals surface area contributed by atoms with Gasteiger partial charge < -0.3 is 14.2 Å². The van der Waals surface area contributed by atoms with Gasteiger partial charge in [-0.3, -0.25) is 5.43 Å². The van der Waals surface area contributed by atoms with Gasteiger partial charge in [-0.15, -0.1) is 5.10 Å². The summed E-state index contributed by atoms with van der Waals surface area (Å²) >= 11 is 0. The van der Waals surface area contributed by atoms with Gasteiger partial charge in [0, 0.05) is 0 Å². The number of carbonyl (C=O) groups excluding carboxylic acids is 1. The summed E-state index contributed by atoms with van der Waals surface area (Å²) in [4.78, 5) is 11.5. The van der Waals surface area contributed by atoms with Crippen LogP contribution in [0.15, 0.2) is 29.4 Å². The van der Waals surface area contributed by atoms with Crippen LogP contribution in [0.5, 0.6) is 5.75 Å². The predicted molar refractivity (Wildman–Crippen MR) is 72.3 cm³/mol. The first kappa shape index (κ1) is 14.8. The van der Waals surface area contributed by atoms with E-state index in [1.54, 1.807) is 45.2 Å². The molecule has 0 saturated heterocycles. The Bertz CT molecular complexity index is 429. The third-order valence-corrected chi connectivity index (χ3v) is 2.11. The SMILES string of the molecule is CCOC(=O)/C(=N/Nc1ccc(OC)cc1)OCC. The Morgan fingerprint density at radius 3 is 2.32 bits per heavy atom. The second-order valence-corrected chi connectivity index (χ2v) is 3.41. The summed E-state index contributed by atoms with van der Waals surface area (Å²) < 4.78 is 15.0. The average molecular weight is 266 g/mol. The topological polar surface area (TPSA) is 69.2 Å². The van der Waals surface area contributed by atoms with Gasteiger partial charge in [0.05, 0.1) is 26.0 Å². The molecule has 0 heterocycles. The molecule has 0 atom stereocenters. The van der Waals surface area contributed by atoms with Crippen LogP contribution >= 0.6 is 0 Å². The van der Waals surface area contributed by atoms with Crippen LogP contribution in [0.4, 0.5) is 5.69 Å². The molecule has 1 N–H and O–H groups in total. The molecule has 1 rings (SSSR count). The third kappa shape index (κ3) is 4.87. The molecule has 0 aliphatic carbocycles. The number of nitrogens with zero attached hydrogens (tertiary/aromatic N) is 1. The molecule has 0 aliphatic rings. The van der Waals surface area contributed by atoms with E-state index >= 15 is 0 Å². The first-order valence-electron chi connectivity index (χ1n) is 5.98. The van der Waals surface area contributed by atoms with Crippen molar-refractivity contribution in [3.8, 4) is 5.75 Å². The van der Waals surface area contributed by atoms with Crippen LogP contribution in [0.25, 0.3) is 0 Å². The Labute approximate surface area is 112 Å². The van der Waals surface area contributed by atoms with Gasteiger partial charge >= 0.3 is 11.9 Å². The van der Waals surface area contributed by atoms with Crippen LogP contribution in [0.3, 0.4) is 0 Å². The number of hydrogen-bond acceptors (Lipinski definition) is 6. The smallest absolute Gasteiger partial charge is 0.395 e. The summed E-state index contributed by atoms with van der Waals surface area (Å²) in [5, 5.41) is 3.89. The lowest BCUT2D eigenvalue weighted by atomic mass is 10.3. The quantitative estimate of drug-likeness (QED) is 0.382. The van der Waals surface area contributed by atoms with Crippen LogP contribution in [0, 0.1) is 0 Å². The number of carbonyl (C=O) groups is 1. The molecule has 0 unspecified atom stereocenters. The maximum absolute atomic E-state index is 11.5. The van der Waals surface area contributed by atoms with Crippen LogP contribution in [-0.4, -0.2) is 32.2 Å². The summed E-state index contributed by atoms with van der Waals surface area (Å²) in [5.74, 6) is 0.0514. The minimum atomic E-state index is -0.592. The summed E-state index contributed by atoms with van der Waals surface area (Å²) in [6.07, 6.45) is 0. The van der Waals surface area contributed by atoms with Crippen molar-refractivity contribution < 1.29 is 19.0 Å². The number of methoxy groups -OCH3 is 1. The van der Waals surface area contributed by atoms with Gasteiger partial charge in [0.1, 0.15) is 5.75 Å². The molecule has 0 bridgehead atoms. The summed E-state index contributed by atoms with van der Waals surface area (Å²) in [6.45, 7) is 4.09. The fourth-order valence-electron chi connectivity index (χ4n) is 1.25. The Hall–Kier alpha value is -2.24. The van der Waals surface area contributed by atoms with E-state index in [1.165, 1.54) is 0 Å². The van der Waals surface area contributed by atoms with Crippen molar-refractivity contribution in [3.05, 3.63) is 24.3 Å². The van der Waals surface area contributed by atoms with E-state index < -0.39 is 5.97 Å². The minimum absolute atomic E-state index is 0.0971. The lowest BCUT2D eigenvalue weighted by Gasteiger charge is -2.07. The fraction of sp³-hybridized carbons (Fsp3) is 0.385. The van der Waals surface area contributed by atoms with Gasteiger partial charge in [-0.25, -0.2) is 4.79 Å². The van der Waals surface area contributed by atoms with Gasteiger partial charge in [-0.1, -0.05) is 0 Å². The number of hydrogen-bond donors (Lipinski definition) is 1. The van der Waals surface area contributed by atoms with Gasteiger partial charge in [-0.05, 0) is 38.1 Å². The van der Waals surface area contributed by atoms with E-state index in [2.05, 4.69) is 10.5 Å². The van der Waals surface area contributed by atoms with Crippen molar-refractivity contribution in [1.29, 1.82) is 0 Å². The fourth-order valence-corrected chi connectivity index (χ4v) is 1.25. The maximum atomic E-state index is 11.5. The van der Waals surface area contributed by atoms with Crippen molar-refractivity contribution in [2.24, 2.45) is 5.10 Å². The summed E-state index contributed by atoms with van der Waals surface area (Å²) in [5.41, 5.74) is 3.44. The number of benzene rings is 1. The van der Waals surface area contributed by atoms with Crippen molar-refractivity contribution in [1.82, 2.24) is 0 Å². The van der Waals surface area contributed by atoms with Crippen molar-refractivity contribution in [2.75, 3.05) is 25.7 Å². The molecular formula is C13H18N2O4. The van der Waals surface area contributed by atoms with E-state index in [4.69, 9.17) is 14.2 Å². The van der Waals surface area contributed by atoms with Crippen molar-refractivity contribution >= 4 is 17.6 Å². The maximum Gasteiger partial charge on any atom is 0.395 e. The minimum Gasteiger partial charge on any atom is -0.497 e. The lowest BCUT2D eigenvalue weighted by Crippen LogP contribution is -2.22. The molecule has 0 radical (unpaired) electrons. The van der Waals surface area contributed by atoms with E-state index in [1.807, 2.05) is 0 Å². The number of nitrogens with one attached hydrogen (secondary N) is 1. The molecule has 0 spiro atoms. The number of anilines is 1. The molecule has 0 amide bonds. The molecule has 6 nitrogen and oxygen atoms in total. The van der Waals surface area contributed by atoms with Crippen LogP contribution < -0.4 is 10.2 Å². The number of rotatable bonds is 5. The molecule has 1 aromatic carbocycles. The zero-order chi connectivity index (χ0) is 14.1. The highest BCUT2D eigenvalue weighted by Gasteiger charge is 2.13. The van der Waals surface area contributed by atoms with E-state index in [9.17, 15) is 4.79 Å². The molecule has 1 aromatic rings. The standard InChI is InChI=1S/C13H18N2O4/c1-4-18-12(13(16)19-5-2)15-14-10-6-8-11(17-3)9-7-10/h6-9,14H,4-5H2,1-3H3/b15-12-. The number of esters is 1. The molecule has 0 saturated carbocycles. The molecular weight excluding hydrogens is 248 g/mol. The van der Waals surface area contributed by atoms with Crippen LogP contribution in [0.2, 0.25) is 0 Å². The monoisotopic (exact) mass is 266 g/mol. The Balaban J connectivity index is 2.70. The largest absolute Gasteiger partial charge is 0.497 e. The molecule has 0 fully saturated rings. The highest BCUT2D eigenvalue weighted by Crippen LogP contribution is 2.14. The molecule has 0 aliphatic heterocycles. The predicted octanol–water partition coefficient (Wildman–Crippen LogP) is 2.02. The summed E-state index contributed by atoms with van der Waals surface area (Å²) in [7, 11) is 1.59. The molecule has 0 aromatic heterocycles. The second kappa shape index (κ2) is 7.97. The average Bonchev–Trinajstić information content (AvgIpc) is 2.44. The van der Waals surface area contributed by atoms with Crippen LogP contribution in [0.1, 0.15) is 13.8 Å². The first-order chi connectivity index (χ1) is 9.21. The summed E-state index contributed by atoms with van der Waals surface area (Å²) in [6, 6.07) is 7.11. The van der Waals surface area contributed by atoms with Crippen molar-refractivity contribution in [3.63, 3.8) is 0 Å². The zero-order valence-electron chi connectivity index (χ0n) is 11.3. The molecule has 104 valence electrons. The first-order valence-corrected chi connectivity index (χ1v) is 5.98. The zero-order valence-corrected chi connectivity index (χ0v) is 11.3. The highest BCUT2D eigenvalue weighted by atomic mass is 16.6. The van der Waals surface area contributed by atoms with E-state index in [0.717, 1.165) is 5.75 Å². The number of hydrazone groups is 1. The van der Waals surface area contributed by atoms with Crippen molar-refractivity contribution in [2.45, 2.75) is 13.8 Å². The van der Waals surface area contributed by atoms with Gasteiger partial charge in [0.2, 0.25) is 0 Å². The lowest BCUT2D eigenvalue weighted by molar-refractivity contribution is -0.136. The van der Waals surface area contributed by atoms with E-state index in [0.29, 0.717) is 12.3 Å². The molecule has 19 heavy (non-hydrogen) atoms. The Kier molecular flexibility index (Phi) is 6.21. The normalized spacial score (nSPS) is 10.8. The highest BCUT2D eigenvalue weighted by molar-refractivity contribution is 6.32. The van der Waals surface area contributed by atoms with E-state index in [-0.39, 0.29) is 12.5 Å². The molecule has 6 heteroatoms. The van der Waals surface area contributed by atoms with Crippen LogP contribution in [-0.2, 0) is 14.3 Å². The Morgan fingerprint density at radius 2 is 1.79 bits per heavy atom. The second-order valence-electron chi connectivity index (χ2n) is 3.41. The Morgan fingerprint density at radius 1 is 1.16 bits per heavy atom. The number of ether oxygens (including phenoxy) is 3.